The predicted octanol–water partition coefficient (Wildman–Crippen LogP) is 0.751. The third-order valence-corrected chi connectivity index (χ3v) is 4.97. The second-order valence-electron chi connectivity index (χ2n) is 5.94. The minimum Gasteiger partial charge on any atom is -0.330 e. The summed E-state index contributed by atoms with van der Waals surface area (Å²) in [6, 6.07) is 0.858. The highest BCUT2D eigenvalue weighted by Crippen LogP contribution is 2.32. The number of likely N-dealkylation sites (tertiary alicyclic amines) is 1. The van der Waals surface area contributed by atoms with E-state index in [4.69, 9.17) is 5.73 Å². The zero-order chi connectivity index (χ0) is 11.0. The molecule has 4 saturated heterocycles. The molecular weight excluding hydrogens is 198 g/mol. The Bertz CT molecular complexity index is 235. The smallest absolute Gasteiger partial charge is 0.0252 e. The molecule has 3 heteroatoms. The number of rotatable bonds is 2. The summed E-state index contributed by atoms with van der Waals surface area (Å²) >= 11 is 0. The van der Waals surface area contributed by atoms with Crippen molar-refractivity contribution in [1.82, 2.24) is 9.80 Å². The lowest BCUT2D eigenvalue weighted by Crippen LogP contribution is -2.59. The van der Waals surface area contributed by atoms with Crippen molar-refractivity contribution in [3.63, 3.8) is 0 Å². The van der Waals surface area contributed by atoms with E-state index in [-0.39, 0.29) is 0 Å². The SMILES string of the molecule is NCC1CCCN(C2CN3CCC2CC3)C1. The topological polar surface area (TPSA) is 32.5 Å². The minimum atomic E-state index is 0.768. The Morgan fingerprint density at radius 2 is 1.81 bits per heavy atom. The average molecular weight is 223 g/mol. The first-order chi connectivity index (χ1) is 7.86. The van der Waals surface area contributed by atoms with E-state index < -0.39 is 0 Å². The normalized spacial score (nSPS) is 44.8. The summed E-state index contributed by atoms with van der Waals surface area (Å²) in [7, 11) is 0. The fourth-order valence-electron chi connectivity index (χ4n) is 3.94. The number of nitrogens with zero attached hydrogens (tertiary/aromatic N) is 2. The zero-order valence-corrected chi connectivity index (χ0v) is 10.3. The van der Waals surface area contributed by atoms with Crippen molar-refractivity contribution in [2.24, 2.45) is 17.6 Å². The van der Waals surface area contributed by atoms with Crippen LogP contribution in [0.15, 0.2) is 0 Å². The predicted molar refractivity (Wildman–Crippen MR) is 66.3 cm³/mol. The average Bonchev–Trinajstić information content (AvgIpc) is 2.40. The third-order valence-electron chi connectivity index (χ3n) is 4.97. The Morgan fingerprint density at radius 3 is 2.44 bits per heavy atom. The van der Waals surface area contributed by atoms with Crippen LogP contribution >= 0.6 is 0 Å². The standard InChI is InChI=1S/C13H25N3/c14-8-11-2-1-5-16(9-11)13-10-15-6-3-12(13)4-7-15/h11-13H,1-10,14H2. The van der Waals surface area contributed by atoms with Crippen LogP contribution in [0.4, 0.5) is 0 Å². The van der Waals surface area contributed by atoms with E-state index in [0.717, 1.165) is 24.4 Å². The second-order valence-corrected chi connectivity index (χ2v) is 5.94. The Balaban J connectivity index is 1.63. The summed E-state index contributed by atoms with van der Waals surface area (Å²) < 4.78 is 0. The van der Waals surface area contributed by atoms with Crippen molar-refractivity contribution in [3.8, 4) is 0 Å². The molecule has 0 aromatic carbocycles. The molecule has 0 aromatic rings. The lowest BCUT2D eigenvalue weighted by molar-refractivity contribution is -0.0114. The lowest BCUT2D eigenvalue weighted by atomic mass is 9.82. The molecule has 2 N–H and O–H groups in total. The molecular formula is C13H25N3. The maximum Gasteiger partial charge on any atom is 0.0252 e. The Morgan fingerprint density at radius 1 is 1.00 bits per heavy atom. The van der Waals surface area contributed by atoms with Gasteiger partial charge in [0.25, 0.3) is 0 Å². The number of fused-ring (bicyclic) bond motifs is 3. The van der Waals surface area contributed by atoms with Gasteiger partial charge in [-0.25, -0.2) is 0 Å². The summed E-state index contributed by atoms with van der Waals surface area (Å²) in [5.41, 5.74) is 5.83. The van der Waals surface area contributed by atoms with Crippen molar-refractivity contribution in [1.29, 1.82) is 0 Å². The van der Waals surface area contributed by atoms with Crippen LogP contribution in [0.1, 0.15) is 25.7 Å². The molecule has 0 aliphatic carbocycles. The molecule has 4 rings (SSSR count). The molecule has 0 amide bonds. The van der Waals surface area contributed by atoms with Crippen molar-refractivity contribution < 1.29 is 0 Å². The molecule has 0 spiro atoms. The summed E-state index contributed by atoms with van der Waals surface area (Å²) in [5, 5.41) is 0. The summed E-state index contributed by atoms with van der Waals surface area (Å²) in [5.74, 6) is 1.76. The van der Waals surface area contributed by atoms with E-state index in [2.05, 4.69) is 9.80 Å². The van der Waals surface area contributed by atoms with E-state index in [9.17, 15) is 0 Å². The van der Waals surface area contributed by atoms with E-state index in [1.54, 1.807) is 0 Å². The van der Waals surface area contributed by atoms with Gasteiger partial charge >= 0.3 is 0 Å². The highest BCUT2D eigenvalue weighted by molar-refractivity contribution is 4.93. The number of hydrogen-bond donors (Lipinski definition) is 1. The van der Waals surface area contributed by atoms with E-state index in [1.165, 1.54) is 58.4 Å². The van der Waals surface area contributed by atoms with Crippen LogP contribution in [-0.4, -0.2) is 55.1 Å². The molecule has 4 fully saturated rings. The Hall–Kier alpha value is -0.120. The van der Waals surface area contributed by atoms with Crippen LogP contribution < -0.4 is 5.73 Å². The van der Waals surface area contributed by atoms with Crippen molar-refractivity contribution in [3.05, 3.63) is 0 Å². The van der Waals surface area contributed by atoms with Gasteiger partial charge in [-0.2, -0.15) is 0 Å². The highest BCUT2D eigenvalue weighted by Gasteiger charge is 2.38. The number of nitrogens with two attached hydrogens (primary N) is 1. The third kappa shape index (κ3) is 2.01. The van der Waals surface area contributed by atoms with Gasteiger partial charge in [0.05, 0.1) is 0 Å². The summed E-state index contributed by atoms with van der Waals surface area (Å²) in [6.45, 7) is 7.53. The molecule has 0 radical (unpaired) electrons. The molecule has 2 atom stereocenters. The van der Waals surface area contributed by atoms with Gasteiger partial charge in [-0.15, -0.1) is 0 Å². The first-order valence-electron chi connectivity index (χ1n) is 7.03. The van der Waals surface area contributed by atoms with Crippen molar-refractivity contribution in [2.75, 3.05) is 39.3 Å². The maximum absolute atomic E-state index is 5.83. The Labute approximate surface area is 99.0 Å². The van der Waals surface area contributed by atoms with Crippen LogP contribution in [0, 0.1) is 11.8 Å². The zero-order valence-electron chi connectivity index (χ0n) is 10.3. The van der Waals surface area contributed by atoms with Gasteiger partial charge < -0.3 is 10.6 Å². The molecule has 92 valence electrons. The minimum absolute atomic E-state index is 0.768. The maximum atomic E-state index is 5.83. The van der Waals surface area contributed by atoms with Crippen molar-refractivity contribution >= 4 is 0 Å². The molecule has 4 aliphatic heterocycles. The number of hydrogen-bond acceptors (Lipinski definition) is 3. The molecule has 3 nitrogen and oxygen atoms in total. The fraction of sp³-hybridized carbons (Fsp3) is 1.00. The molecule has 4 heterocycles. The Kier molecular flexibility index (Phi) is 3.18. The van der Waals surface area contributed by atoms with E-state index >= 15 is 0 Å². The molecule has 4 aliphatic rings. The van der Waals surface area contributed by atoms with Crippen LogP contribution in [0.5, 0.6) is 0 Å². The molecule has 0 aromatic heterocycles. The van der Waals surface area contributed by atoms with E-state index in [1.807, 2.05) is 0 Å². The molecule has 0 saturated carbocycles. The molecule has 16 heavy (non-hydrogen) atoms. The van der Waals surface area contributed by atoms with Gasteiger partial charge in [0.15, 0.2) is 0 Å². The van der Waals surface area contributed by atoms with Crippen LogP contribution in [0.2, 0.25) is 0 Å². The number of piperidine rings is 4. The van der Waals surface area contributed by atoms with Gasteiger partial charge in [-0.3, -0.25) is 4.90 Å². The van der Waals surface area contributed by atoms with E-state index in [0.29, 0.717) is 0 Å². The summed E-state index contributed by atoms with van der Waals surface area (Å²) in [4.78, 5) is 5.42. The van der Waals surface area contributed by atoms with Gasteiger partial charge in [-0.1, -0.05) is 0 Å². The first-order valence-corrected chi connectivity index (χ1v) is 7.03. The van der Waals surface area contributed by atoms with Crippen LogP contribution in [-0.2, 0) is 0 Å². The largest absolute Gasteiger partial charge is 0.330 e. The first kappa shape index (κ1) is 11.0. The van der Waals surface area contributed by atoms with Gasteiger partial charge in [0.1, 0.15) is 0 Å². The highest BCUT2D eigenvalue weighted by atomic mass is 15.3. The van der Waals surface area contributed by atoms with Gasteiger partial charge in [-0.05, 0) is 63.7 Å². The van der Waals surface area contributed by atoms with Crippen LogP contribution in [0.3, 0.4) is 0 Å². The lowest BCUT2D eigenvalue weighted by Gasteiger charge is -2.50. The second kappa shape index (κ2) is 4.63. The molecule has 2 unspecified atom stereocenters. The van der Waals surface area contributed by atoms with Gasteiger partial charge in [0.2, 0.25) is 0 Å². The monoisotopic (exact) mass is 223 g/mol. The van der Waals surface area contributed by atoms with Gasteiger partial charge in [0, 0.05) is 19.1 Å². The molecule has 2 bridgehead atoms. The summed E-state index contributed by atoms with van der Waals surface area (Å²) in [6.07, 6.45) is 5.60. The quantitative estimate of drug-likeness (QED) is 0.750. The van der Waals surface area contributed by atoms with Crippen molar-refractivity contribution in [2.45, 2.75) is 31.7 Å². The fourth-order valence-corrected chi connectivity index (χ4v) is 3.94. The van der Waals surface area contributed by atoms with Crippen LogP contribution in [0.25, 0.3) is 0 Å².